The van der Waals surface area contributed by atoms with Gasteiger partial charge in [0.25, 0.3) is 0 Å². The van der Waals surface area contributed by atoms with Crippen molar-refractivity contribution in [1.29, 1.82) is 0 Å². The molecule has 0 bridgehead atoms. The molecule has 0 unspecified atom stereocenters. The number of carboxylic acid groups (broad SMARTS) is 2. The summed E-state index contributed by atoms with van der Waals surface area (Å²) in [6, 6.07) is 0. The van der Waals surface area contributed by atoms with E-state index in [1.54, 1.807) is 0 Å². The number of rotatable bonds is 0. The number of carbonyl (C=O) groups excluding carboxylic acids is 1. The third-order valence-electron chi connectivity index (χ3n) is 0.341. The van der Waals surface area contributed by atoms with Gasteiger partial charge < -0.3 is 22.5 Å². The summed E-state index contributed by atoms with van der Waals surface area (Å²) in [4.78, 5) is 28.8. The molecule has 0 aromatic heterocycles. The van der Waals surface area contributed by atoms with Gasteiger partial charge in [0, 0.05) is 0 Å². The smallest absolute Gasteiger partial charge is 1.00 e. The molecule has 2 N–H and O–H groups in total. The summed E-state index contributed by atoms with van der Waals surface area (Å²) in [5.41, 5.74) is 0. The van der Waals surface area contributed by atoms with Gasteiger partial charge in [-0.15, -0.1) is 0 Å². The Hall–Kier alpha value is 0.210. The first-order chi connectivity index (χ1) is 4.52. The molecule has 60 valence electrons. The molecule has 0 aromatic carbocycles. The molecule has 0 spiro atoms. The minimum absolute atomic E-state index is 0. The van der Waals surface area contributed by atoms with E-state index in [1.807, 2.05) is 0 Å². The van der Waals surface area contributed by atoms with Gasteiger partial charge in [-0.3, -0.25) is 0 Å². The first kappa shape index (κ1) is 18.1. The van der Waals surface area contributed by atoms with Crippen LogP contribution < -0.4 is 59.1 Å². The van der Waals surface area contributed by atoms with E-state index in [0.29, 0.717) is 0 Å². The molecule has 0 saturated carbocycles. The predicted octanol–water partition coefficient (Wildman–Crippen LogP) is -5.27. The normalized spacial score (nSPS) is 6.67. The molecule has 0 atom stereocenters. The second-order valence-electron chi connectivity index (χ2n) is 0.986. The van der Waals surface area contributed by atoms with Crippen molar-refractivity contribution in [1.82, 2.24) is 0 Å². The molecule has 7 nitrogen and oxygen atoms in total. The van der Waals surface area contributed by atoms with E-state index in [9.17, 15) is 14.4 Å². The van der Waals surface area contributed by atoms with Crippen molar-refractivity contribution in [2.75, 3.05) is 0 Å². The Labute approximate surface area is 114 Å². The summed E-state index contributed by atoms with van der Waals surface area (Å²) in [5, 5.41) is 15.4. The maximum absolute atomic E-state index is 9.86. The Balaban J connectivity index is -0.0000000675. The van der Waals surface area contributed by atoms with Gasteiger partial charge in [-0.05, 0) is 0 Å². The minimum Gasteiger partial charge on any atom is -1.00 e. The van der Waals surface area contributed by atoms with Gasteiger partial charge in [0.2, 0.25) is 0 Å². The van der Waals surface area contributed by atoms with Crippen LogP contribution in [0.25, 0.3) is 0 Å². The molecule has 0 rings (SSSR count). The first-order valence-corrected chi connectivity index (χ1v) is 1.88. The van der Waals surface area contributed by atoms with Crippen LogP contribution >= 0.6 is 0 Å². The monoisotopic (exact) mass is 198 g/mol. The second kappa shape index (κ2) is 9.30. The summed E-state index contributed by atoms with van der Waals surface area (Å²) in [6.07, 6.45) is -5.64. The van der Waals surface area contributed by atoms with Crippen LogP contribution in [0.4, 0.5) is 14.4 Å². The van der Waals surface area contributed by atoms with Crippen LogP contribution in [-0.2, 0) is 9.47 Å². The number of hydrogen-bond donors (Lipinski definition) is 2. The zero-order valence-corrected chi connectivity index (χ0v) is 10.4. The predicted molar refractivity (Wildman–Crippen MR) is 25.8 cm³/mol. The average molecular weight is 198 g/mol. The fourth-order valence-electron chi connectivity index (χ4n) is 0.163. The standard InChI is InChI=1S/C3H2O7.2Na.2H/c4-1(5)9-3(8)10-2(6)7;;;;/h(H,4,5)(H,6,7);;;;/q;2*+1;2*-1. The van der Waals surface area contributed by atoms with Crippen LogP contribution in [0, 0.1) is 0 Å². The summed E-state index contributed by atoms with van der Waals surface area (Å²) >= 11 is 0. The van der Waals surface area contributed by atoms with E-state index in [4.69, 9.17) is 10.2 Å². The van der Waals surface area contributed by atoms with Gasteiger partial charge in [-0.25, -0.2) is 14.4 Å². The van der Waals surface area contributed by atoms with Crippen molar-refractivity contribution in [3.05, 3.63) is 0 Å². The molecule has 9 heteroatoms. The van der Waals surface area contributed by atoms with Crippen molar-refractivity contribution in [3.63, 3.8) is 0 Å². The molecule has 0 aromatic rings. The molecule has 12 heavy (non-hydrogen) atoms. The van der Waals surface area contributed by atoms with Crippen LogP contribution in [0.5, 0.6) is 0 Å². The van der Waals surface area contributed by atoms with Crippen LogP contribution in [0.1, 0.15) is 2.85 Å². The largest absolute Gasteiger partial charge is 1.00 e. The SMILES string of the molecule is O=C(O)OC(=O)OC(=O)O.[H-].[H-].[Na+].[Na+]. The van der Waals surface area contributed by atoms with E-state index in [1.165, 1.54) is 0 Å². The topological polar surface area (TPSA) is 110 Å². The van der Waals surface area contributed by atoms with Crippen LogP contribution in [0.2, 0.25) is 0 Å². The third-order valence-corrected chi connectivity index (χ3v) is 0.341. The van der Waals surface area contributed by atoms with Gasteiger partial charge in [0.1, 0.15) is 0 Å². The maximum atomic E-state index is 9.86. The van der Waals surface area contributed by atoms with Crippen LogP contribution in [0.15, 0.2) is 0 Å². The molecule has 0 aliphatic rings. The summed E-state index contributed by atoms with van der Waals surface area (Å²) in [5.74, 6) is 0. The fraction of sp³-hybridized carbons (Fsp3) is 0. The van der Waals surface area contributed by atoms with E-state index in [-0.39, 0.29) is 62.0 Å². The summed E-state index contributed by atoms with van der Waals surface area (Å²) in [6.45, 7) is 0. The maximum Gasteiger partial charge on any atom is 1.00 e. The van der Waals surface area contributed by atoms with Crippen molar-refractivity contribution in [2.45, 2.75) is 0 Å². The third kappa shape index (κ3) is 12.8. The molecule has 0 aliphatic carbocycles. The van der Waals surface area contributed by atoms with Crippen LogP contribution in [-0.4, -0.2) is 28.7 Å². The molecule has 0 aliphatic heterocycles. The van der Waals surface area contributed by atoms with E-state index in [0.717, 1.165) is 0 Å². The number of carbonyl (C=O) groups is 3. The number of ether oxygens (including phenoxy) is 2. The second-order valence-corrected chi connectivity index (χ2v) is 0.986. The van der Waals surface area contributed by atoms with Crippen LogP contribution in [0.3, 0.4) is 0 Å². The Kier molecular flexibility index (Phi) is 14.0. The molecular weight excluding hydrogens is 194 g/mol. The molecule has 0 saturated heterocycles. The van der Waals surface area contributed by atoms with Crippen molar-refractivity contribution in [2.24, 2.45) is 0 Å². The zero-order valence-electron chi connectivity index (χ0n) is 8.44. The Bertz CT molecular complexity index is 168. The first-order valence-electron chi connectivity index (χ1n) is 1.88. The van der Waals surface area contributed by atoms with Gasteiger partial charge in [-0.1, -0.05) is 0 Å². The average Bonchev–Trinajstić information content (AvgIpc) is 1.58. The Morgan fingerprint density at radius 3 is 1.33 bits per heavy atom. The summed E-state index contributed by atoms with van der Waals surface area (Å²) < 4.78 is 6.47. The van der Waals surface area contributed by atoms with E-state index in [2.05, 4.69) is 9.47 Å². The summed E-state index contributed by atoms with van der Waals surface area (Å²) in [7, 11) is 0. The van der Waals surface area contributed by atoms with Gasteiger partial charge in [0.05, 0.1) is 0 Å². The molecule has 0 heterocycles. The quantitative estimate of drug-likeness (QED) is 0.227. The van der Waals surface area contributed by atoms with Gasteiger partial charge in [0.15, 0.2) is 0 Å². The molecule has 0 fully saturated rings. The van der Waals surface area contributed by atoms with Gasteiger partial charge in [-0.2, -0.15) is 0 Å². The Morgan fingerprint density at radius 1 is 0.917 bits per heavy atom. The zero-order chi connectivity index (χ0) is 8.15. The Morgan fingerprint density at radius 2 is 1.17 bits per heavy atom. The van der Waals surface area contributed by atoms with E-state index < -0.39 is 18.5 Å². The molecular formula is C3H4Na2O7. The minimum atomic E-state index is -1.92. The van der Waals surface area contributed by atoms with Crippen molar-refractivity contribution >= 4 is 18.5 Å². The molecule has 0 amide bonds. The number of hydrogen-bond acceptors (Lipinski definition) is 5. The fourth-order valence-corrected chi connectivity index (χ4v) is 0.163. The van der Waals surface area contributed by atoms with Gasteiger partial charge >= 0.3 is 77.6 Å². The van der Waals surface area contributed by atoms with E-state index >= 15 is 0 Å². The molecule has 0 radical (unpaired) electrons. The van der Waals surface area contributed by atoms with Crippen molar-refractivity contribution in [3.8, 4) is 0 Å². The van der Waals surface area contributed by atoms with Crippen molar-refractivity contribution < 1.29 is 96.0 Å².